The molecule has 0 saturated heterocycles. The summed E-state index contributed by atoms with van der Waals surface area (Å²) in [6.07, 6.45) is 1.82. The SMILES string of the molecule is CCCC(=O)CC(=O)[O-].CCCC(=O)CC(=O)[O-].CCCC(=O)CC(=O)[O-].CCO.[Zr+3].[Zr+4]. The normalized spacial score (nSPS) is 8.16. The van der Waals surface area contributed by atoms with E-state index in [4.69, 9.17) is 5.11 Å². The van der Waals surface area contributed by atoms with Gasteiger partial charge in [0.25, 0.3) is 0 Å². The summed E-state index contributed by atoms with van der Waals surface area (Å²) in [7, 11) is 0. The van der Waals surface area contributed by atoms with Gasteiger partial charge in [0.15, 0.2) is 0 Å². The van der Waals surface area contributed by atoms with E-state index in [2.05, 4.69) is 0 Å². The fourth-order valence-electron chi connectivity index (χ4n) is 1.58. The van der Waals surface area contributed by atoms with E-state index in [1.165, 1.54) is 0 Å². The summed E-state index contributed by atoms with van der Waals surface area (Å²) in [5.41, 5.74) is 0. The fraction of sp³-hybridized carbons (Fsp3) is 0.700. The molecular formula is C20H33O10Zr2+4. The zero-order valence-electron chi connectivity index (χ0n) is 19.2. The van der Waals surface area contributed by atoms with E-state index in [-0.39, 0.29) is 76.4 Å². The largest absolute Gasteiger partial charge is 4.00 e. The molecule has 0 aromatic rings. The average molecular weight is 616 g/mol. The summed E-state index contributed by atoms with van der Waals surface area (Å²) in [5, 5.41) is 36.8. The van der Waals surface area contributed by atoms with Crippen LogP contribution in [0.4, 0.5) is 0 Å². The van der Waals surface area contributed by atoms with Crippen LogP contribution in [-0.2, 0) is 81.2 Å². The van der Waals surface area contributed by atoms with Gasteiger partial charge in [-0.2, -0.15) is 0 Å². The summed E-state index contributed by atoms with van der Waals surface area (Å²) >= 11 is 0. The molecule has 1 N–H and O–H groups in total. The van der Waals surface area contributed by atoms with E-state index in [9.17, 15) is 44.1 Å². The second kappa shape index (κ2) is 34.8. The van der Waals surface area contributed by atoms with Crippen LogP contribution in [0, 0.1) is 0 Å². The number of aliphatic hydroxyl groups excluding tert-OH is 1. The number of ketones is 3. The van der Waals surface area contributed by atoms with Crippen molar-refractivity contribution in [3.05, 3.63) is 0 Å². The maximum atomic E-state index is 10.4. The Morgan fingerprint density at radius 2 is 0.719 bits per heavy atom. The van der Waals surface area contributed by atoms with Crippen LogP contribution in [0.15, 0.2) is 0 Å². The number of carbonyl (C=O) groups excluding carboxylic acids is 6. The Kier molecular flexibility index (Phi) is 48.6. The second-order valence-electron chi connectivity index (χ2n) is 5.83. The molecule has 12 heteroatoms. The monoisotopic (exact) mass is 613 g/mol. The quantitative estimate of drug-likeness (QED) is 0.252. The van der Waals surface area contributed by atoms with E-state index in [1.807, 2.05) is 20.8 Å². The second-order valence-corrected chi connectivity index (χ2v) is 5.83. The third-order valence-corrected chi connectivity index (χ3v) is 2.61. The predicted molar refractivity (Wildman–Crippen MR) is 101 cm³/mol. The molecule has 1 radical (unpaired) electrons. The third kappa shape index (κ3) is 56.9. The standard InChI is InChI=1S/3C6H10O3.C2H6O.2Zr/c3*1-2-3-5(7)4-6(8)9;1-2-3;;/h3*2-4H2,1H3,(H,8,9);3H,2H2,1H3;;/q;;;;+3;+4/p-3. The number of hydrogen-bond acceptors (Lipinski definition) is 10. The molecular weight excluding hydrogens is 583 g/mol. The molecule has 0 fully saturated rings. The number of hydrogen-bond donors (Lipinski definition) is 1. The van der Waals surface area contributed by atoms with Crippen molar-refractivity contribution in [1.82, 2.24) is 0 Å². The number of rotatable bonds is 12. The van der Waals surface area contributed by atoms with Gasteiger partial charge in [-0.05, 0) is 26.2 Å². The predicted octanol–water partition coefficient (Wildman–Crippen LogP) is -1.52. The minimum absolute atomic E-state index is 0. The van der Waals surface area contributed by atoms with Crippen molar-refractivity contribution in [1.29, 1.82) is 0 Å². The minimum atomic E-state index is -1.28. The Balaban J connectivity index is -0.0000000723. The molecule has 177 valence electrons. The van der Waals surface area contributed by atoms with Crippen LogP contribution in [0.2, 0.25) is 0 Å². The van der Waals surface area contributed by atoms with Crippen molar-refractivity contribution in [2.45, 2.75) is 85.5 Å². The molecule has 0 unspecified atom stereocenters. The van der Waals surface area contributed by atoms with Crippen LogP contribution in [0.25, 0.3) is 0 Å². The zero-order chi connectivity index (χ0) is 24.5. The van der Waals surface area contributed by atoms with E-state index >= 15 is 0 Å². The van der Waals surface area contributed by atoms with E-state index in [0.717, 1.165) is 0 Å². The fourth-order valence-corrected chi connectivity index (χ4v) is 1.58. The van der Waals surface area contributed by atoms with Crippen molar-refractivity contribution < 1.29 is 102 Å². The van der Waals surface area contributed by atoms with Crippen molar-refractivity contribution in [2.75, 3.05) is 6.61 Å². The van der Waals surface area contributed by atoms with Crippen LogP contribution in [-0.4, -0.2) is 47.0 Å². The summed E-state index contributed by atoms with van der Waals surface area (Å²) in [5.74, 6) is -4.61. The van der Waals surface area contributed by atoms with Gasteiger partial charge in [0.1, 0.15) is 17.3 Å². The molecule has 0 aliphatic heterocycles. The summed E-state index contributed by atoms with van der Waals surface area (Å²) in [4.78, 5) is 60.6. The molecule has 0 aromatic heterocycles. The molecule has 0 aliphatic carbocycles. The number of aliphatic carboxylic acids is 3. The Morgan fingerprint density at radius 1 is 0.562 bits per heavy atom. The number of carboxylic acids is 3. The van der Waals surface area contributed by atoms with Crippen LogP contribution in [0.5, 0.6) is 0 Å². The van der Waals surface area contributed by atoms with Crippen LogP contribution in [0.3, 0.4) is 0 Å². The summed E-state index contributed by atoms with van der Waals surface area (Å²) in [6, 6.07) is 0. The molecule has 10 nitrogen and oxygen atoms in total. The number of carboxylic acid groups (broad SMARTS) is 3. The summed E-state index contributed by atoms with van der Waals surface area (Å²) in [6.45, 7) is 7.41. The Bertz CT molecular complexity index is 451. The molecule has 0 rings (SSSR count). The molecule has 0 bridgehead atoms. The first-order valence-electron chi connectivity index (χ1n) is 9.66. The molecule has 0 spiro atoms. The maximum absolute atomic E-state index is 10.4. The molecule has 0 aliphatic rings. The van der Waals surface area contributed by atoms with E-state index in [1.54, 1.807) is 6.92 Å². The number of Topliss-reactive ketones (excluding diaryl/α,β-unsaturated/α-hetero) is 3. The molecule has 0 atom stereocenters. The topological polar surface area (TPSA) is 192 Å². The molecule has 0 heterocycles. The number of aliphatic hydroxyl groups is 1. The van der Waals surface area contributed by atoms with Gasteiger partial charge >= 0.3 is 52.4 Å². The van der Waals surface area contributed by atoms with Crippen LogP contribution >= 0.6 is 0 Å². The first-order valence-corrected chi connectivity index (χ1v) is 9.66. The van der Waals surface area contributed by atoms with Crippen molar-refractivity contribution >= 4 is 35.3 Å². The molecule has 0 saturated carbocycles. The van der Waals surface area contributed by atoms with Gasteiger partial charge in [0.05, 0.1) is 0 Å². The van der Waals surface area contributed by atoms with E-state index < -0.39 is 37.2 Å². The van der Waals surface area contributed by atoms with Crippen molar-refractivity contribution in [3.8, 4) is 0 Å². The Morgan fingerprint density at radius 3 is 0.812 bits per heavy atom. The smallest absolute Gasteiger partial charge is 0.550 e. The van der Waals surface area contributed by atoms with Gasteiger partial charge in [-0.15, -0.1) is 0 Å². The van der Waals surface area contributed by atoms with Gasteiger partial charge in [-0.25, -0.2) is 0 Å². The molecule has 32 heavy (non-hydrogen) atoms. The number of carbonyl (C=O) groups is 6. The zero-order valence-corrected chi connectivity index (χ0v) is 24.1. The first-order chi connectivity index (χ1) is 13.9. The van der Waals surface area contributed by atoms with Crippen LogP contribution in [0.1, 0.15) is 85.5 Å². The van der Waals surface area contributed by atoms with Crippen molar-refractivity contribution in [3.63, 3.8) is 0 Å². The third-order valence-electron chi connectivity index (χ3n) is 2.61. The van der Waals surface area contributed by atoms with Gasteiger partial charge in [-0.1, -0.05) is 20.8 Å². The first kappa shape index (κ1) is 44.8. The summed E-state index contributed by atoms with van der Waals surface area (Å²) < 4.78 is 0. The Hall–Kier alpha value is -0.854. The molecule has 0 aromatic carbocycles. The van der Waals surface area contributed by atoms with Gasteiger partial charge in [0, 0.05) is 63.0 Å². The molecule has 0 amide bonds. The Labute approximate surface area is 227 Å². The maximum Gasteiger partial charge on any atom is 4.00 e. The van der Waals surface area contributed by atoms with Crippen molar-refractivity contribution in [2.24, 2.45) is 0 Å². The van der Waals surface area contributed by atoms with Gasteiger partial charge < -0.3 is 34.8 Å². The van der Waals surface area contributed by atoms with Gasteiger partial charge in [-0.3, -0.25) is 14.4 Å². The average Bonchev–Trinajstić information content (AvgIpc) is 2.55. The van der Waals surface area contributed by atoms with Crippen LogP contribution < -0.4 is 15.3 Å². The van der Waals surface area contributed by atoms with E-state index in [0.29, 0.717) is 38.5 Å². The minimum Gasteiger partial charge on any atom is -0.550 e. The van der Waals surface area contributed by atoms with Gasteiger partial charge in [0.2, 0.25) is 0 Å².